The maximum absolute atomic E-state index is 13.0. The molecule has 0 amide bonds. The average Bonchev–Trinajstić information content (AvgIpc) is 2.42. The molecule has 0 aromatic heterocycles. The van der Waals surface area contributed by atoms with Gasteiger partial charge in [-0.2, -0.15) is 0 Å². The summed E-state index contributed by atoms with van der Waals surface area (Å²) in [6.07, 6.45) is 0. The Hall–Kier alpha value is -1.58. The highest BCUT2D eigenvalue weighted by atomic mass is 35.5. The highest BCUT2D eigenvalue weighted by molar-refractivity contribution is 6.31. The van der Waals surface area contributed by atoms with Crippen LogP contribution in [0.1, 0.15) is 24.1 Å². The van der Waals surface area contributed by atoms with Crippen LogP contribution in [0.3, 0.4) is 0 Å². The van der Waals surface area contributed by atoms with Crippen molar-refractivity contribution in [1.29, 1.82) is 0 Å². The average molecular weight is 307 g/mol. The zero-order chi connectivity index (χ0) is 15.4. The molecule has 0 bridgehead atoms. The van der Waals surface area contributed by atoms with E-state index in [-0.39, 0.29) is 11.9 Å². The van der Waals surface area contributed by atoms with Gasteiger partial charge in [-0.3, -0.25) is 0 Å². The topological polar surface area (TPSA) is 15.3 Å². The molecule has 2 rings (SSSR count). The Balaban J connectivity index is 2.13. The van der Waals surface area contributed by atoms with Crippen LogP contribution in [0.15, 0.2) is 42.5 Å². The van der Waals surface area contributed by atoms with Crippen molar-refractivity contribution >= 4 is 17.3 Å². The molecule has 0 saturated heterocycles. The second-order valence-corrected chi connectivity index (χ2v) is 5.87. The summed E-state index contributed by atoms with van der Waals surface area (Å²) in [7, 11) is 4.02. The van der Waals surface area contributed by atoms with E-state index in [4.69, 9.17) is 11.6 Å². The second kappa shape index (κ2) is 6.92. The zero-order valence-corrected chi connectivity index (χ0v) is 13.3. The van der Waals surface area contributed by atoms with Gasteiger partial charge in [0.05, 0.1) is 0 Å². The largest absolute Gasteiger partial charge is 0.379 e. The Bertz CT molecular complexity index is 596. The fourth-order valence-electron chi connectivity index (χ4n) is 2.21. The fraction of sp³-hybridized carbons (Fsp3) is 0.294. The van der Waals surface area contributed by atoms with Gasteiger partial charge in [-0.05, 0) is 62.5 Å². The summed E-state index contributed by atoms with van der Waals surface area (Å²) in [5.41, 5.74) is 3.13. The molecule has 4 heteroatoms. The molecule has 1 N–H and O–H groups in total. The van der Waals surface area contributed by atoms with Crippen molar-refractivity contribution < 1.29 is 4.39 Å². The molecule has 2 nitrogen and oxygen atoms in total. The minimum Gasteiger partial charge on any atom is -0.379 e. The van der Waals surface area contributed by atoms with Gasteiger partial charge in [0.2, 0.25) is 0 Å². The lowest BCUT2D eigenvalue weighted by Crippen LogP contribution is -2.12. The van der Waals surface area contributed by atoms with E-state index in [1.807, 2.05) is 33.2 Å². The number of anilines is 1. The van der Waals surface area contributed by atoms with E-state index in [0.717, 1.165) is 28.4 Å². The smallest absolute Gasteiger partial charge is 0.123 e. The predicted molar refractivity (Wildman–Crippen MR) is 87.3 cm³/mol. The van der Waals surface area contributed by atoms with Gasteiger partial charge in [0.1, 0.15) is 5.82 Å². The molecule has 0 aliphatic heterocycles. The monoisotopic (exact) mass is 306 g/mol. The summed E-state index contributed by atoms with van der Waals surface area (Å²) in [6, 6.07) is 12.6. The Morgan fingerprint density at radius 1 is 1.14 bits per heavy atom. The van der Waals surface area contributed by atoms with Crippen LogP contribution < -0.4 is 5.32 Å². The molecule has 0 aliphatic carbocycles. The van der Waals surface area contributed by atoms with Gasteiger partial charge >= 0.3 is 0 Å². The summed E-state index contributed by atoms with van der Waals surface area (Å²) in [4.78, 5) is 2.08. The van der Waals surface area contributed by atoms with Crippen LogP contribution in [0, 0.1) is 5.82 Å². The van der Waals surface area contributed by atoms with Crippen molar-refractivity contribution in [3.8, 4) is 0 Å². The van der Waals surface area contributed by atoms with Gasteiger partial charge in [-0.15, -0.1) is 0 Å². The summed E-state index contributed by atoms with van der Waals surface area (Å²) in [5.74, 6) is -0.217. The first-order valence-corrected chi connectivity index (χ1v) is 7.28. The Morgan fingerprint density at radius 3 is 2.43 bits per heavy atom. The Morgan fingerprint density at radius 2 is 1.81 bits per heavy atom. The van der Waals surface area contributed by atoms with E-state index < -0.39 is 0 Å². The molecular weight excluding hydrogens is 287 g/mol. The third kappa shape index (κ3) is 4.45. The van der Waals surface area contributed by atoms with Crippen LogP contribution >= 0.6 is 11.6 Å². The number of nitrogens with one attached hydrogen (secondary N) is 1. The number of benzene rings is 2. The lowest BCUT2D eigenvalue weighted by atomic mass is 10.1. The van der Waals surface area contributed by atoms with Gasteiger partial charge in [0.25, 0.3) is 0 Å². The highest BCUT2D eigenvalue weighted by Gasteiger charge is 2.08. The van der Waals surface area contributed by atoms with E-state index in [1.54, 1.807) is 12.1 Å². The molecule has 21 heavy (non-hydrogen) atoms. The molecule has 0 spiro atoms. The van der Waals surface area contributed by atoms with E-state index in [2.05, 4.69) is 16.3 Å². The van der Waals surface area contributed by atoms with Gasteiger partial charge < -0.3 is 10.2 Å². The lowest BCUT2D eigenvalue weighted by Gasteiger charge is -2.18. The van der Waals surface area contributed by atoms with E-state index in [9.17, 15) is 4.39 Å². The first kappa shape index (κ1) is 15.8. The minimum absolute atomic E-state index is 0.0963. The molecule has 0 saturated carbocycles. The summed E-state index contributed by atoms with van der Waals surface area (Å²) in [6.45, 7) is 2.84. The fourth-order valence-corrected chi connectivity index (χ4v) is 2.39. The standard InChI is InChI=1S/C17H20ClFN2/c1-12(13-4-6-15(19)7-5-13)20-16-8-9-17(18)14(10-16)11-21(2)3/h4-10,12,20H,11H2,1-3H3. The first-order valence-electron chi connectivity index (χ1n) is 6.91. The SMILES string of the molecule is CC(Nc1ccc(Cl)c(CN(C)C)c1)c1ccc(F)cc1. The third-order valence-corrected chi connectivity index (χ3v) is 3.65. The molecule has 1 unspecified atom stereocenters. The Labute approximate surface area is 130 Å². The van der Waals surface area contributed by atoms with Crippen LogP contribution in [0.2, 0.25) is 5.02 Å². The third-order valence-electron chi connectivity index (χ3n) is 3.29. The number of hydrogen-bond donors (Lipinski definition) is 1. The zero-order valence-electron chi connectivity index (χ0n) is 12.5. The van der Waals surface area contributed by atoms with Gasteiger partial charge in [0, 0.05) is 23.3 Å². The van der Waals surface area contributed by atoms with Crippen molar-refractivity contribution in [3.05, 3.63) is 64.4 Å². The maximum atomic E-state index is 13.0. The van der Waals surface area contributed by atoms with Crippen LogP contribution in [0.25, 0.3) is 0 Å². The van der Waals surface area contributed by atoms with Crippen molar-refractivity contribution in [2.75, 3.05) is 19.4 Å². The van der Waals surface area contributed by atoms with Crippen molar-refractivity contribution in [3.63, 3.8) is 0 Å². The molecule has 112 valence electrons. The molecule has 0 fully saturated rings. The molecular formula is C17H20ClFN2. The van der Waals surface area contributed by atoms with Crippen molar-refractivity contribution in [2.45, 2.75) is 19.5 Å². The van der Waals surface area contributed by atoms with Crippen LogP contribution in [0.5, 0.6) is 0 Å². The van der Waals surface area contributed by atoms with E-state index in [0.29, 0.717) is 0 Å². The summed E-state index contributed by atoms with van der Waals surface area (Å²) >= 11 is 6.22. The van der Waals surface area contributed by atoms with E-state index >= 15 is 0 Å². The van der Waals surface area contributed by atoms with Crippen LogP contribution in [-0.2, 0) is 6.54 Å². The Kier molecular flexibility index (Phi) is 5.21. The van der Waals surface area contributed by atoms with Crippen molar-refractivity contribution in [2.24, 2.45) is 0 Å². The number of nitrogens with zero attached hydrogens (tertiary/aromatic N) is 1. The molecule has 0 heterocycles. The van der Waals surface area contributed by atoms with E-state index in [1.165, 1.54) is 12.1 Å². The van der Waals surface area contributed by atoms with Gasteiger partial charge in [0.15, 0.2) is 0 Å². The number of halogens is 2. The molecule has 2 aromatic carbocycles. The summed E-state index contributed by atoms with van der Waals surface area (Å²) < 4.78 is 13.0. The maximum Gasteiger partial charge on any atom is 0.123 e. The number of hydrogen-bond acceptors (Lipinski definition) is 2. The first-order chi connectivity index (χ1) is 9.95. The number of rotatable bonds is 5. The molecule has 0 aliphatic rings. The summed E-state index contributed by atoms with van der Waals surface area (Å²) in [5, 5.41) is 4.19. The molecule has 0 radical (unpaired) electrons. The van der Waals surface area contributed by atoms with Gasteiger partial charge in [-0.25, -0.2) is 4.39 Å². The minimum atomic E-state index is -0.217. The lowest BCUT2D eigenvalue weighted by molar-refractivity contribution is 0.402. The van der Waals surface area contributed by atoms with Crippen LogP contribution in [0.4, 0.5) is 10.1 Å². The normalized spacial score (nSPS) is 12.5. The second-order valence-electron chi connectivity index (χ2n) is 5.46. The van der Waals surface area contributed by atoms with Crippen molar-refractivity contribution in [1.82, 2.24) is 4.90 Å². The molecule has 1 atom stereocenters. The predicted octanol–water partition coefficient (Wildman–Crippen LogP) is 4.71. The van der Waals surface area contributed by atoms with Crippen LogP contribution in [-0.4, -0.2) is 19.0 Å². The van der Waals surface area contributed by atoms with Gasteiger partial charge in [-0.1, -0.05) is 23.7 Å². The molecule has 2 aromatic rings. The highest BCUT2D eigenvalue weighted by Crippen LogP contribution is 2.25. The quantitative estimate of drug-likeness (QED) is 0.860.